The molecule has 0 fully saturated rings. The van der Waals surface area contributed by atoms with E-state index in [9.17, 15) is 17.6 Å². The molecular formula is C22H20BrFN2O4S. The maximum Gasteiger partial charge on any atom is 0.261 e. The highest BCUT2D eigenvalue weighted by Gasteiger charge is 2.15. The first-order valence-corrected chi connectivity index (χ1v) is 11.6. The first kappa shape index (κ1) is 22.8. The lowest BCUT2D eigenvalue weighted by Crippen LogP contribution is -2.31. The molecule has 1 unspecified atom stereocenters. The summed E-state index contributed by atoms with van der Waals surface area (Å²) in [6.45, 7) is 1.66. The zero-order chi connectivity index (χ0) is 22.4. The smallest absolute Gasteiger partial charge is 0.261 e. The molecule has 0 aliphatic heterocycles. The van der Waals surface area contributed by atoms with Crippen LogP contribution in [0, 0.1) is 5.82 Å². The summed E-state index contributed by atoms with van der Waals surface area (Å²) in [7, 11) is -3.83. The van der Waals surface area contributed by atoms with Crippen molar-refractivity contribution >= 4 is 37.5 Å². The topological polar surface area (TPSA) is 84.5 Å². The molecule has 0 aromatic heterocycles. The van der Waals surface area contributed by atoms with E-state index < -0.39 is 15.8 Å². The van der Waals surface area contributed by atoms with Gasteiger partial charge in [0.15, 0.2) is 6.61 Å². The number of carbonyl (C=O) groups is 1. The molecule has 1 atom stereocenters. The van der Waals surface area contributed by atoms with Crippen molar-refractivity contribution in [2.75, 3.05) is 11.3 Å². The second-order valence-electron chi connectivity index (χ2n) is 6.71. The highest BCUT2D eigenvalue weighted by molar-refractivity contribution is 9.10. The van der Waals surface area contributed by atoms with E-state index in [0.29, 0.717) is 5.75 Å². The van der Waals surface area contributed by atoms with E-state index in [4.69, 9.17) is 4.74 Å². The van der Waals surface area contributed by atoms with Crippen LogP contribution in [0.15, 0.2) is 82.2 Å². The van der Waals surface area contributed by atoms with Crippen LogP contribution in [0.2, 0.25) is 0 Å². The number of hydrogen-bond acceptors (Lipinski definition) is 4. The summed E-state index contributed by atoms with van der Waals surface area (Å²) in [4.78, 5) is 12.2. The van der Waals surface area contributed by atoms with Gasteiger partial charge in [-0.2, -0.15) is 0 Å². The summed E-state index contributed by atoms with van der Waals surface area (Å²) in [5.74, 6) is -0.406. The molecule has 0 spiro atoms. The van der Waals surface area contributed by atoms with Crippen LogP contribution in [0.5, 0.6) is 5.75 Å². The van der Waals surface area contributed by atoms with E-state index in [1.165, 1.54) is 36.4 Å². The van der Waals surface area contributed by atoms with Crippen LogP contribution in [-0.2, 0) is 14.8 Å². The van der Waals surface area contributed by atoms with E-state index in [0.717, 1.165) is 22.2 Å². The zero-order valence-corrected chi connectivity index (χ0v) is 18.9. The quantitative estimate of drug-likeness (QED) is 0.465. The van der Waals surface area contributed by atoms with Gasteiger partial charge in [-0.1, -0.05) is 28.1 Å². The molecule has 3 rings (SSSR count). The number of anilines is 1. The second kappa shape index (κ2) is 9.93. The van der Waals surface area contributed by atoms with Gasteiger partial charge in [-0.05, 0) is 73.2 Å². The van der Waals surface area contributed by atoms with Gasteiger partial charge in [0.1, 0.15) is 11.6 Å². The van der Waals surface area contributed by atoms with Crippen molar-refractivity contribution in [3.63, 3.8) is 0 Å². The molecule has 0 saturated heterocycles. The predicted octanol–water partition coefficient (Wildman–Crippen LogP) is 4.65. The van der Waals surface area contributed by atoms with Gasteiger partial charge in [-0.15, -0.1) is 0 Å². The lowest BCUT2D eigenvalue weighted by molar-refractivity contribution is -0.123. The lowest BCUT2D eigenvalue weighted by Gasteiger charge is -2.15. The number of ether oxygens (including phenoxy) is 1. The maximum atomic E-state index is 13.0. The van der Waals surface area contributed by atoms with Crippen molar-refractivity contribution in [1.29, 1.82) is 0 Å². The molecule has 0 heterocycles. The van der Waals surface area contributed by atoms with Crippen LogP contribution in [0.4, 0.5) is 10.1 Å². The summed E-state index contributed by atoms with van der Waals surface area (Å²) in [6.07, 6.45) is 0. The van der Waals surface area contributed by atoms with Gasteiger partial charge in [0, 0.05) is 10.2 Å². The number of benzene rings is 3. The average molecular weight is 507 g/mol. The summed E-state index contributed by atoms with van der Waals surface area (Å²) in [5.41, 5.74) is 1.21. The molecule has 3 aromatic carbocycles. The van der Waals surface area contributed by atoms with Crippen molar-refractivity contribution in [2.45, 2.75) is 17.9 Å². The predicted molar refractivity (Wildman–Crippen MR) is 120 cm³/mol. The summed E-state index contributed by atoms with van der Waals surface area (Å²) in [6, 6.07) is 18.1. The Morgan fingerprint density at radius 1 is 1.00 bits per heavy atom. The van der Waals surface area contributed by atoms with Crippen molar-refractivity contribution in [1.82, 2.24) is 5.32 Å². The molecule has 3 aromatic rings. The zero-order valence-electron chi connectivity index (χ0n) is 16.5. The normalized spacial score (nSPS) is 12.1. The van der Waals surface area contributed by atoms with E-state index in [2.05, 4.69) is 26.0 Å². The monoisotopic (exact) mass is 506 g/mol. The average Bonchev–Trinajstić information content (AvgIpc) is 2.74. The fraction of sp³-hybridized carbons (Fsp3) is 0.136. The van der Waals surface area contributed by atoms with Gasteiger partial charge < -0.3 is 10.1 Å². The molecule has 0 aliphatic carbocycles. The number of halogens is 2. The minimum absolute atomic E-state index is 0.0116. The summed E-state index contributed by atoms with van der Waals surface area (Å²) >= 11 is 3.37. The van der Waals surface area contributed by atoms with Gasteiger partial charge in [0.2, 0.25) is 0 Å². The first-order valence-electron chi connectivity index (χ1n) is 9.29. The Bertz CT molecular complexity index is 1140. The van der Waals surface area contributed by atoms with Crippen LogP contribution < -0.4 is 14.8 Å². The van der Waals surface area contributed by atoms with Crippen molar-refractivity contribution in [3.05, 3.63) is 88.6 Å². The second-order valence-corrected chi connectivity index (χ2v) is 9.31. The Morgan fingerprint density at radius 3 is 2.23 bits per heavy atom. The molecule has 6 nitrogen and oxygen atoms in total. The Balaban J connectivity index is 1.54. The van der Waals surface area contributed by atoms with E-state index in [-0.39, 0.29) is 29.1 Å². The Hall–Kier alpha value is -2.91. The minimum atomic E-state index is -3.83. The van der Waals surface area contributed by atoms with Gasteiger partial charge in [0.05, 0.1) is 10.9 Å². The maximum absolute atomic E-state index is 13.0. The standard InChI is InChI=1S/C22H20BrFN2O4S/c1-15(16-2-4-17(23)5-3-16)25-22(27)14-30-20-10-12-21(13-11-20)31(28,29)26-19-8-6-18(24)7-9-19/h2-13,15,26H,14H2,1H3,(H,25,27). The van der Waals surface area contributed by atoms with Gasteiger partial charge in [-0.3, -0.25) is 9.52 Å². The van der Waals surface area contributed by atoms with Crippen LogP contribution in [0.25, 0.3) is 0 Å². The fourth-order valence-electron chi connectivity index (χ4n) is 2.71. The third kappa shape index (κ3) is 6.53. The van der Waals surface area contributed by atoms with E-state index >= 15 is 0 Å². The highest BCUT2D eigenvalue weighted by Crippen LogP contribution is 2.20. The number of amides is 1. The van der Waals surface area contributed by atoms with E-state index in [1.54, 1.807) is 0 Å². The number of carbonyl (C=O) groups excluding carboxylic acids is 1. The number of nitrogens with one attached hydrogen (secondary N) is 2. The summed E-state index contributed by atoms with van der Waals surface area (Å²) in [5, 5.41) is 2.84. The van der Waals surface area contributed by atoms with Crippen molar-refractivity contribution in [3.8, 4) is 5.75 Å². The number of rotatable bonds is 8. The highest BCUT2D eigenvalue weighted by atomic mass is 79.9. The largest absolute Gasteiger partial charge is 0.484 e. The molecule has 162 valence electrons. The number of sulfonamides is 1. The van der Waals surface area contributed by atoms with E-state index in [1.807, 2.05) is 31.2 Å². The van der Waals surface area contributed by atoms with Crippen LogP contribution in [0.1, 0.15) is 18.5 Å². The lowest BCUT2D eigenvalue weighted by atomic mass is 10.1. The minimum Gasteiger partial charge on any atom is -0.484 e. The Morgan fingerprint density at radius 2 is 1.61 bits per heavy atom. The van der Waals surface area contributed by atoms with Gasteiger partial charge in [0.25, 0.3) is 15.9 Å². The van der Waals surface area contributed by atoms with Gasteiger partial charge >= 0.3 is 0 Å². The third-order valence-electron chi connectivity index (χ3n) is 4.35. The SMILES string of the molecule is CC(NC(=O)COc1ccc(S(=O)(=O)Nc2ccc(F)cc2)cc1)c1ccc(Br)cc1. The molecule has 0 saturated carbocycles. The van der Waals surface area contributed by atoms with Crippen molar-refractivity contribution < 1.29 is 22.3 Å². The molecule has 1 amide bonds. The molecule has 2 N–H and O–H groups in total. The first-order chi connectivity index (χ1) is 14.7. The van der Waals surface area contributed by atoms with Gasteiger partial charge in [-0.25, -0.2) is 12.8 Å². The molecule has 9 heteroatoms. The molecule has 0 radical (unpaired) electrons. The summed E-state index contributed by atoms with van der Waals surface area (Å²) < 4.78 is 46.6. The van der Waals surface area contributed by atoms with Crippen molar-refractivity contribution in [2.24, 2.45) is 0 Å². The van der Waals surface area contributed by atoms with Crippen LogP contribution in [-0.4, -0.2) is 20.9 Å². The molecule has 0 bridgehead atoms. The van der Waals surface area contributed by atoms with Crippen LogP contribution >= 0.6 is 15.9 Å². The molecule has 31 heavy (non-hydrogen) atoms. The Labute approximate surface area is 188 Å². The fourth-order valence-corrected chi connectivity index (χ4v) is 4.04. The molecule has 0 aliphatic rings. The van der Waals surface area contributed by atoms with Crippen LogP contribution in [0.3, 0.4) is 0 Å². The molecular weight excluding hydrogens is 487 g/mol. The number of hydrogen-bond donors (Lipinski definition) is 2. The third-order valence-corrected chi connectivity index (χ3v) is 6.27. The Kier molecular flexibility index (Phi) is 7.29.